The summed E-state index contributed by atoms with van der Waals surface area (Å²) in [6, 6.07) is 4.17. The Morgan fingerprint density at radius 1 is 1.67 bits per heavy atom. The molecule has 1 aromatic carbocycles. The van der Waals surface area contributed by atoms with Crippen molar-refractivity contribution in [3.63, 3.8) is 0 Å². The van der Waals surface area contributed by atoms with E-state index < -0.39 is 17.9 Å². The van der Waals surface area contributed by atoms with E-state index in [1.807, 2.05) is 0 Å². The lowest BCUT2D eigenvalue weighted by Gasteiger charge is -2.10. The summed E-state index contributed by atoms with van der Waals surface area (Å²) < 4.78 is 18.3. The zero-order valence-electron chi connectivity index (χ0n) is 8.04. The lowest BCUT2D eigenvalue weighted by atomic mass is 10.1. The maximum atomic E-state index is 13.2. The second-order valence-electron chi connectivity index (χ2n) is 2.96. The molecule has 5 heteroatoms. The van der Waals surface area contributed by atoms with E-state index >= 15 is 0 Å². The van der Waals surface area contributed by atoms with Crippen molar-refractivity contribution < 1.29 is 19.0 Å². The van der Waals surface area contributed by atoms with Crippen LogP contribution in [0.1, 0.15) is 18.1 Å². The molecular formula is C10H10BrFO3. The van der Waals surface area contributed by atoms with Crippen LogP contribution in [0.15, 0.2) is 22.7 Å². The Labute approximate surface area is 95.0 Å². The lowest BCUT2D eigenvalue weighted by molar-refractivity contribution is -0.142. The summed E-state index contributed by atoms with van der Waals surface area (Å²) in [5.41, 5.74) is 0.0785. The third-order valence-corrected chi connectivity index (χ3v) is 2.40. The molecule has 1 aromatic rings. The molecule has 0 radical (unpaired) electrons. The molecule has 0 aliphatic rings. The molecule has 0 spiro atoms. The van der Waals surface area contributed by atoms with Gasteiger partial charge in [-0.25, -0.2) is 4.39 Å². The number of aliphatic hydroxyl groups is 1. The number of benzene rings is 1. The first-order valence-corrected chi connectivity index (χ1v) is 5.03. The number of methoxy groups -OCH3 is 1. The minimum atomic E-state index is -1.19. The highest BCUT2D eigenvalue weighted by Crippen LogP contribution is 2.24. The van der Waals surface area contributed by atoms with Gasteiger partial charge in [0.25, 0.3) is 0 Å². The normalized spacial score (nSPS) is 12.3. The number of hydrogen-bond acceptors (Lipinski definition) is 3. The summed E-state index contributed by atoms with van der Waals surface area (Å²) >= 11 is 3.15. The smallest absolute Gasteiger partial charge is 0.308 e. The number of ether oxygens (including phenoxy) is 1. The van der Waals surface area contributed by atoms with Gasteiger partial charge in [0, 0.05) is 10.0 Å². The Morgan fingerprint density at radius 2 is 2.33 bits per heavy atom. The molecule has 0 amide bonds. The van der Waals surface area contributed by atoms with E-state index in [1.165, 1.54) is 25.3 Å². The van der Waals surface area contributed by atoms with Crippen LogP contribution in [0.25, 0.3) is 0 Å². The Balaban J connectivity index is 2.85. The van der Waals surface area contributed by atoms with Crippen LogP contribution in [-0.2, 0) is 9.53 Å². The highest BCUT2D eigenvalue weighted by molar-refractivity contribution is 9.10. The van der Waals surface area contributed by atoms with E-state index in [2.05, 4.69) is 20.7 Å². The quantitative estimate of drug-likeness (QED) is 0.861. The monoisotopic (exact) mass is 276 g/mol. The van der Waals surface area contributed by atoms with Gasteiger partial charge in [-0.2, -0.15) is 0 Å². The maximum Gasteiger partial charge on any atom is 0.308 e. The fourth-order valence-corrected chi connectivity index (χ4v) is 1.50. The van der Waals surface area contributed by atoms with Gasteiger partial charge in [-0.15, -0.1) is 0 Å². The molecule has 0 saturated carbocycles. The first-order valence-electron chi connectivity index (χ1n) is 4.24. The van der Waals surface area contributed by atoms with Crippen molar-refractivity contribution in [2.75, 3.05) is 7.11 Å². The molecule has 0 bridgehead atoms. The van der Waals surface area contributed by atoms with Gasteiger partial charge in [0.2, 0.25) is 0 Å². The number of esters is 1. The Bertz CT molecular complexity index is 368. The number of aliphatic hydroxyl groups excluding tert-OH is 1. The molecule has 0 aliphatic carbocycles. The average molecular weight is 277 g/mol. The molecule has 0 aliphatic heterocycles. The van der Waals surface area contributed by atoms with E-state index in [4.69, 9.17) is 0 Å². The van der Waals surface area contributed by atoms with Gasteiger partial charge in [0.1, 0.15) is 5.82 Å². The Kier molecular flexibility index (Phi) is 4.23. The van der Waals surface area contributed by atoms with Gasteiger partial charge in [-0.1, -0.05) is 15.9 Å². The minimum Gasteiger partial charge on any atom is -0.469 e. The number of halogens is 2. The topological polar surface area (TPSA) is 46.5 Å². The fraction of sp³-hybridized carbons (Fsp3) is 0.300. The molecule has 3 nitrogen and oxygen atoms in total. The van der Waals surface area contributed by atoms with Crippen LogP contribution in [0.3, 0.4) is 0 Å². The molecule has 0 heterocycles. The van der Waals surface area contributed by atoms with Crippen molar-refractivity contribution in [3.05, 3.63) is 34.1 Å². The van der Waals surface area contributed by atoms with Crippen LogP contribution in [0, 0.1) is 5.82 Å². The molecule has 1 rings (SSSR count). The van der Waals surface area contributed by atoms with Crippen molar-refractivity contribution in [1.29, 1.82) is 0 Å². The Hall–Kier alpha value is -0.940. The summed E-state index contributed by atoms with van der Waals surface area (Å²) in [6.45, 7) is 0. The second-order valence-corrected chi connectivity index (χ2v) is 3.88. The summed E-state index contributed by atoms with van der Waals surface area (Å²) in [5.74, 6) is -1.13. The van der Waals surface area contributed by atoms with Crippen molar-refractivity contribution in [3.8, 4) is 0 Å². The van der Waals surface area contributed by atoms with Crippen LogP contribution < -0.4 is 0 Å². The van der Waals surface area contributed by atoms with Crippen LogP contribution in [0.5, 0.6) is 0 Å². The van der Waals surface area contributed by atoms with Gasteiger partial charge in [-0.3, -0.25) is 4.79 Å². The van der Waals surface area contributed by atoms with E-state index in [9.17, 15) is 14.3 Å². The van der Waals surface area contributed by atoms with Crippen LogP contribution >= 0.6 is 15.9 Å². The van der Waals surface area contributed by atoms with Crippen molar-refractivity contribution in [2.24, 2.45) is 0 Å². The zero-order chi connectivity index (χ0) is 11.4. The van der Waals surface area contributed by atoms with E-state index in [1.54, 1.807) is 0 Å². The highest BCUT2D eigenvalue weighted by Gasteiger charge is 2.17. The second kappa shape index (κ2) is 5.23. The van der Waals surface area contributed by atoms with Crippen molar-refractivity contribution in [1.82, 2.24) is 0 Å². The standard InChI is InChI=1S/C10H10BrFO3/c1-15-10(14)5-9(13)7-4-6(11)2-3-8(7)12/h2-4,9,13H,5H2,1H3/t9-/m1/s1. The molecule has 1 atom stereocenters. The van der Waals surface area contributed by atoms with Crippen molar-refractivity contribution in [2.45, 2.75) is 12.5 Å². The Morgan fingerprint density at radius 3 is 2.93 bits per heavy atom. The molecule has 82 valence electrons. The van der Waals surface area contributed by atoms with Gasteiger partial charge >= 0.3 is 5.97 Å². The van der Waals surface area contributed by atoms with E-state index in [0.29, 0.717) is 4.47 Å². The van der Waals surface area contributed by atoms with Gasteiger partial charge in [0.05, 0.1) is 19.6 Å². The lowest BCUT2D eigenvalue weighted by Crippen LogP contribution is -2.09. The third-order valence-electron chi connectivity index (χ3n) is 1.90. The number of hydrogen-bond donors (Lipinski definition) is 1. The van der Waals surface area contributed by atoms with E-state index in [-0.39, 0.29) is 12.0 Å². The van der Waals surface area contributed by atoms with Gasteiger partial charge in [-0.05, 0) is 18.2 Å². The minimum absolute atomic E-state index is 0.0785. The summed E-state index contributed by atoms with van der Waals surface area (Å²) in [6.07, 6.45) is -1.45. The molecular weight excluding hydrogens is 267 g/mol. The molecule has 0 fully saturated rings. The summed E-state index contributed by atoms with van der Waals surface area (Å²) in [5, 5.41) is 9.57. The number of carbonyl (C=O) groups excluding carboxylic acids is 1. The molecule has 0 saturated heterocycles. The SMILES string of the molecule is COC(=O)C[C@@H](O)c1cc(Br)ccc1F. The van der Waals surface area contributed by atoms with E-state index in [0.717, 1.165) is 0 Å². The predicted octanol–water partition coefficient (Wildman–Crippen LogP) is 2.18. The van der Waals surface area contributed by atoms with Crippen LogP contribution in [0.2, 0.25) is 0 Å². The first-order chi connectivity index (χ1) is 7.04. The summed E-state index contributed by atoms with van der Waals surface area (Å²) in [4.78, 5) is 10.9. The van der Waals surface area contributed by atoms with Crippen molar-refractivity contribution >= 4 is 21.9 Å². The number of carbonyl (C=O) groups is 1. The predicted molar refractivity (Wildman–Crippen MR) is 55.7 cm³/mol. The average Bonchev–Trinajstić information content (AvgIpc) is 2.21. The fourth-order valence-electron chi connectivity index (χ4n) is 1.12. The number of rotatable bonds is 3. The zero-order valence-corrected chi connectivity index (χ0v) is 9.62. The molecule has 0 unspecified atom stereocenters. The largest absolute Gasteiger partial charge is 0.469 e. The first kappa shape index (κ1) is 12.1. The van der Waals surface area contributed by atoms with Crippen LogP contribution in [-0.4, -0.2) is 18.2 Å². The van der Waals surface area contributed by atoms with Gasteiger partial charge < -0.3 is 9.84 Å². The summed E-state index contributed by atoms with van der Waals surface area (Å²) in [7, 11) is 1.21. The molecule has 15 heavy (non-hydrogen) atoms. The third kappa shape index (κ3) is 3.28. The van der Waals surface area contributed by atoms with Crippen LogP contribution in [0.4, 0.5) is 4.39 Å². The van der Waals surface area contributed by atoms with Gasteiger partial charge in [0.15, 0.2) is 0 Å². The molecule has 1 N–H and O–H groups in total. The molecule has 0 aromatic heterocycles. The maximum absolute atomic E-state index is 13.2. The highest BCUT2D eigenvalue weighted by atomic mass is 79.9.